The highest BCUT2D eigenvalue weighted by molar-refractivity contribution is 7.98. The average molecular weight is 352 g/mol. The Hall–Kier alpha value is -1.53. The minimum Gasteiger partial charge on any atom is -0.352 e. The molecule has 0 radical (unpaired) electrons. The monoisotopic (exact) mass is 351 g/mol. The summed E-state index contributed by atoms with van der Waals surface area (Å²) >= 11 is 1.65. The van der Waals surface area contributed by atoms with Crippen LogP contribution in [0, 0.1) is 0 Å². The van der Waals surface area contributed by atoms with E-state index >= 15 is 0 Å². The molecule has 0 fully saturated rings. The lowest BCUT2D eigenvalue weighted by molar-refractivity contribution is -0.123. The molecule has 0 spiro atoms. The van der Waals surface area contributed by atoms with Gasteiger partial charge in [0.2, 0.25) is 5.91 Å². The Labute approximate surface area is 149 Å². The van der Waals surface area contributed by atoms with Crippen LogP contribution in [0.2, 0.25) is 0 Å². The lowest BCUT2D eigenvalue weighted by Gasteiger charge is -2.28. The number of nitrogens with one attached hydrogen (secondary N) is 2. The van der Waals surface area contributed by atoms with Crippen LogP contribution in [0.3, 0.4) is 0 Å². The van der Waals surface area contributed by atoms with E-state index < -0.39 is 11.6 Å². The molecule has 1 atom stereocenters. The zero-order valence-corrected chi connectivity index (χ0v) is 15.6. The topological polar surface area (TPSA) is 84.2 Å². The van der Waals surface area contributed by atoms with Crippen LogP contribution in [0.25, 0.3) is 0 Å². The minimum atomic E-state index is -0.553. The smallest absolute Gasteiger partial charge is 0.251 e. The van der Waals surface area contributed by atoms with Gasteiger partial charge in [-0.25, -0.2) is 0 Å². The maximum Gasteiger partial charge on any atom is 0.251 e. The zero-order valence-electron chi connectivity index (χ0n) is 14.8. The lowest BCUT2D eigenvalue weighted by atomic mass is 9.94. The van der Waals surface area contributed by atoms with E-state index in [0.29, 0.717) is 18.5 Å². The number of hydrogen-bond donors (Lipinski definition) is 3. The number of hydrogen-bond acceptors (Lipinski definition) is 4. The first-order valence-electron chi connectivity index (χ1n) is 8.37. The number of thioether (sulfide) groups is 1. The van der Waals surface area contributed by atoms with Gasteiger partial charge in [-0.2, -0.15) is 11.8 Å². The fourth-order valence-electron chi connectivity index (χ4n) is 2.22. The van der Waals surface area contributed by atoms with Gasteiger partial charge in [-0.3, -0.25) is 9.59 Å². The molecule has 4 N–H and O–H groups in total. The van der Waals surface area contributed by atoms with Crippen LogP contribution in [0.1, 0.15) is 43.5 Å². The van der Waals surface area contributed by atoms with Gasteiger partial charge in [-0.05, 0) is 43.4 Å². The Kier molecular flexibility index (Phi) is 8.85. The predicted molar refractivity (Wildman–Crippen MR) is 101 cm³/mol. The molecule has 0 heterocycles. The van der Waals surface area contributed by atoms with Crippen LogP contribution in [0.15, 0.2) is 30.3 Å². The van der Waals surface area contributed by atoms with E-state index in [1.54, 1.807) is 36.0 Å². The molecule has 1 rings (SSSR count). The van der Waals surface area contributed by atoms with Crippen LogP contribution in [-0.2, 0) is 4.79 Å². The van der Waals surface area contributed by atoms with E-state index in [-0.39, 0.29) is 11.8 Å². The predicted octanol–water partition coefficient (Wildman–Crippen LogP) is 2.17. The van der Waals surface area contributed by atoms with Crippen molar-refractivity contribution in [3.05, 3.63) is 35.9 Å². The molecular weight excluding hydrogens is 322 g/mol. The number of benzene rings is 1. The molecule has 0 aliphatic rings. The molecule has 24 heavy (non-hydrogen) atoms. The number of nitrogens with two attached hydrogens (primary N) is 1. The molecule has 5 nitrogen and oxygen atoms in total. The van der Waals surface area contributed by atoms with Gasteiger partial charge in [0.1, 0.15) is 6.04 Å². The average Bonchev–Trinajstić information content (AvgIpc) is 2.63. The second-order valence-corrected chi connectivity index (χ2v) is 6.95. The van der Waals surface area contributed by atoms with Gasteiger partial charge >= 0.3 is 0 Å². The number of rotatable bonds is 10. The highest BCUT2D eigenvalue weighted by Crippen LogP contribution is 2.10. The first kappa shape index (κ1) is 20.5. The van der Waals surface area contributed by atoms with Gasteiger partial charge < -0.3 is 16.4 Å². The van der Waals surface area contributed by atoms with Gasteiger partial charge in [0.25, 0.3) is 5.91 Å². The van der Waals surface area contributed by atoms with Gasteiger partial charge in [0, 0.05) is 17.6 Å². The summed E-state index contributed by atoms with van der Waals surface area (Å²) in [7, 11) is 0. The molecule has 0 saturated carbocycles. The fraction of sp³-hybridized carbons (Fsp3) is 0.556. The molecule has 1 unspecified atom stereocenters. The van der Waals surface area contributed by atoms with Crippen molar-refractivity contribution in [1.29, 1.82) is 0 Å². The van der Waals surface area contributed by atoms with E-state index in [4.69, 9.17) is 5.73 Å². The maximum atomic E-state index is 12.5. The van der Waals surface area contributed by atoms with Crippen molar-refractivity contribution in [2.45, 2.75) is 44.7 Å². The minimum absolute atomic E-state index is 0.176. The van der Waals surface area contributed by atoms with Crippen LogP contribution in [-0.4, -0.2) is 41.9 Å². The standard InChI is InChI=1S/C18H29N3O2S/c1-4-18(19,5-2)13-20-17(23)15(11-12-24-3)21-16(22)14-9-7-6-8-10-14/h6-10,15H,4-5,11-13,19H2,1-3H3,(H,20,23)(H,21,22). The summed E-state index contributed by atoms with van der Waals surface area (Å²) in [5.41, 5.74) is 6.38. The molecule has 0 aromatic heterocycles. The highest BCUT2D eigenvalue weighted by atomic mass is 32.2. The number of carbonyl (C=O) groups excluding carboxylic acids is 2. The van der Waals surface area contributed by atoms with Gasteiger partial charge in [0.05, 0.1) is 0 Å². The first-order valence-corrected chi connectivity index (χ1v) is 9.76. The SMILES string of the molecule is CCC(N)(CC)CNC(=O)C(CCSC)NC(=O)c1ccccc1. The van der Waals surface area contributed by atoms with Gasteiger partial charge in [-0.1, -0.05) is 32.0 Å². The number of carbonyl (C=O) groups is 2. The van der Waals surface area contributed by atoms with Crippen LogP contribution in [0.4, 0.5) is 0 Å². The van der Waals surface area contributed by atoms with Gasteiger partial charge in [-0.15, -0.1) is 0 Å². The summed E-state index contributed by atoms with van der Waals surface area (Å²) < 4.78 is 0. The first-order chi connectivity index (χ1) is 11.5. The Morgan fingerprint density at radius 1 is 1.21 bits per heavy atom. The van der Waals surface area contributed by atoms with E-state index in [0.717, 1.165) is 18.6 Å². The second kappa shape index (κ2) is 10.4. The second-order valence-electron chi connectivity index (χ2n) is 5.96. The summed E-state index contributed by atoms with van der Waals surface area (Å²) in [4.78, 5) is 24.8. The molecule has 0 aliphatic carbocycles. The van der Waals surface area contributed by atoms with Crippen LogP contribution >= 0.6 is 11.8 Å². The quantitative estimate of drug-likeness (QED) is 0.603. The van der Waals surface area contributed by atoms with Crippen molar-refractivity contribution in [3.8, 4) is 0 Å². The molecule has 0 aliphatic heterocycles. The van der Waals surface area contributed by atoms with E-state index in [1.165, 1.54) is 0 Å². The van der Waals surface area contributed by atoms with Crippen molar-refractivity contribution in [1.82, 2.24) is 10.6 Å². The normalized spacial score (nSPS) is 12.5. The van der Waals surface area contributed by atoms with Crippen LogP contribution < -0.4 is 16.4 Å². The molecule has 6 heteroatoms. The van der Waals surface area contributed by atoms with Crippen LogP contribution in [0.5, 0.6) is 0 Å². The molecular formula is C18H29N3O2S. The Morgan fingerprint density at radius 3 is 2.38 bits per heavy atom. The van der Waals surface area contributed by atoms with E-state index in [2.05, 4.69) is 10.6 Å². The third-order valence-electron chi connectivity index (χ3n) is 4.29. The molecule has 134 valence electrons. The summed E-state index contributed by atoms with van der Waals surface area (Å²) in [6.07, 6.45) is 4.14. The number of amides is 2. The zero-order chi connectivity index (χ0) is 18.0. The summed E-state index contributed by atoms with van der Waals surface area (Å²) in [5, 5.41) is 5.74. The molecule has 2 amide bonds. The lowest BCUT2D eigenvalue weighted by Crippen LogP contribution is -2.54. The Morgan fingerprint density at radius 2 is 1.83 bits per heavy atom. The van der Waals surface area contributed by atoms with Crippen molar-refractivity contribution < 1.29 is 9.59 Å². The molecule has 0 bridgehead atoms. The third kappa shape index (κ3) is 6.53. The summed E-state index contributed by atoms with van der Waals surface area (Å²) in [6.45, 7) is 4.44. The van der Waals surface area contributed by atoms with Crippen molar-refractivity contribution in [2.24, 2.45) is 5.73 Å². The van der Waals surface area contributed by atoms with Gasteiger partial charge in [0.15, 0.2) is 0 Å². The molecule has 0 saturated heterocycles. The third-order valence-corrected chi connectivity index (χ3v) is 4.94. The molecule has 1 aromatic carbocycles. The summed E-state index contributed by atoms with van der Waals surface area (Å²) in [6, 6.07) is 8.37. The Balaban J connectivity index is 2.70. The van der Waals surface area contributed by atoms with E-state index in [1.807, 2.05) is 26.2 Å². The Bertz CT molecular complexity index is 518. The maximum absolute atomic E-state index is 12.5. The highest BCUT2D eigenvalue weighted by Gasteiger charge is 2.25. The van der Waals surface area contributed by atoms with Crippen molar-refractivity contribution >= 4 is 23.6 Å². The van der Waals surface area contributed by atoms with Crippen molar-refractivity contribution in [2.75, 3.05) is 18.6 Å². The summed E-state index contributed by atoms with van der Waals surface area (Å²) in [5.74, 6) is 0.384. The van der Waals surface area contributed by atoms with E-state index in [9.17, 15) is 9.59 Å². The fourth-order valence-corrected chi connectivity index (χ4v) is 2.69. The molecule has 1 aromatic rings. The van der Waals surface area contributed by atoms with Crippen molar-refractivity contribution in [3.63, 3.8) is 0 Å². The largest absolute Gasteiger partial charge is 0.352 e.